The fourth-order valence-corrected chi connectivity index (χ4v) is 2.21. The average Bonchev–Trinajstić information content (AvgIpc) is 2.45. The summed E-state index contributed by atoms with van der Waals surface area (Å²) in [6, 6.07) is 0. The standard InChI is InChI=1S/C17H31O4/c1-2-3-4-7-11-14-17(20)21-15-12-9-6-5-8-10-13-16(18)19/h2-15H2,1H3. The summed E-state index contributed by atoms with van der Waals surface area (Å²) in [5.41, 5.74) is 0. The molecule has 0 saturated heterocycles. The van der Waals surface area contributed by atoms with Crippen LogP contribution in [0.1, 0.15) is 90.4 Å². The predicted octanol–water partition coefficient (Wildman–Crippen LogP) is 4.58. The van der Waals surface area contributed by atoms with Crippen molar-refractivity contribution in [1.82, 2.24) is 0 Å². The molecule has 0 amide bonds. The minimum Gasteiger partial charge on any atom is -0.466 e. The maximum Gasteiger partial charge on any atom is 0.355 e. The van der Waals surface area contributed by atoms with Gasteiger partial charge in [-0.05, 0) is 19.3 Å². The Morgan fingerprint density at radius 2 is 1.24 bits per heavy atom. The zero-order valence-corrected chi connectivity index (χ0v) is 13.5. The Kier molecular flexibility index (Phi) is 14.6. The summed E-state index contributed by atoms with van der Waals surface area (Å²) in [6.07, 6.45) is 12.1. The summed E-state index contributed by atoms with van der Waals surface area (Å²) in [7, 11) is 0. The lowest BCUT2D eigenvalue weighted by Crippen LogP contribution is -2.05. The monoisotopic (exact) mass is 299 g/mol. The first-order chi connectivity index (χ1) is 10.2. The second kappa shape index (κ2) is 15.3. The number of esters is 1. The van der Waals surface area contributed by atoms with Crippen molar-refractivity contribution in [3.8, 4) is 0 Å². The Morgan fingerprint density at radius 1 is 0.714 bits per heavy atom. The first-order valence-corrected chi connectivity index (χ1v) is 8.52. The van der Waals surface area contributed by atoms with Crippen LogP contribution in [-0.4, -0.2) is 18.5 Å². The van der Waals surface area contributed by atoms with Gasteiger partial charge in [0.05, 0.1) is 13.0 Å². The van der Waals surface area contributed by atoms with Gasteiger partial charge in [0.15, 0.2) is 0 Å². The number of hydrogen-bond acceptors (Lipinski definition) is 3. The first-order valence-electron chi connectivity index (χ1n) is 8.52. The molecule has 0 aliphatic heterocycles. The summed E-state index contributed by atoms with van der Waals surface area (Å²) in [6.45, 7) is 2.70. The molecule has 0 bridgehead atoms. The molecule has 0 aromatic carbocycles. The van der Waals surface area contributed by atoms with Crippen LogP contribution >= 0.6 is 0 Å². The van der Waals surface area contributed by atoms with Gasteiger partial charge < -0.3 is 4.74 Å². The quantitative estimate of drug-likeness (QED) is 0.328. The molecule has 0 aromatic rings. The van der Waals surface area contributed by atoms with E-state index in [1.807, 2.05) is 0 Å². The topological polar surface area (TPSA) is 63.3 Å². The van der Waals surface area contributed by atoms with Gasteiger partial charge in [-0.3, -0.25) is 4.79 Å². The van der Waals surface area contributed by atoms with Gasteiger partial charge in [-0.1, -0.05) is 58.3 Å². The van der Waals surface area contributed by atoms with Gasteiger partial charge in [-0.15, -0.1) is 0 Å². The molecule has 0 aliphatic rings. The molecule has 0 aliphatic carbocycles. The fourth-order valence-electron chi connectivity index (χ4n) is 2.21. The lowest BCUT2D eigenvalue weighted by Gasteiger charge is -2.05. The third kappa shape index (κ3) is 16.9. The minimum absolute atomic E-state index is 0.0690. The second-order valence-electron chi connectivity index (χ2n) is 5.63. The van der Waals surface area contributed by atoms with Crippen molar-refractivity contribution in [2.24, 2.45) is 0 Å². The molecular weight excluding hydrogens is 268 g/mol. The number of unbranched alkanes of at least 4 members (excludes halogenated alkanes) is 9. The van der Waals surface area contributed by atoms with Crippen LogP contribution in [-0.2, 0) is 19.4 Å². The van der Waals surface area contributed by atoms with E-state index < -0.39 is 5.97 Å². The molecule has 123 valence electrons. The van der Waals surface area contributed by atoms with E-state index in [9.17, 15) is 14.7 Å². The second-order valence-corrected chi connectivity index (χ2v) is 5.63. The maximum atomic E-state index is 11.4. The zero-order valence-electron chi connectivity index (χ0n) is 13.5. The van der Waals surface area contributed by atoms with Gasteiger partial charge in [0.1, 0.15) is 0 Å². The lowest BCUT2D eigenvalue weighted by atomic mass is 10.1. The largest absolute Gasteiger partial charge is 0.466 e. The molecule has 4 heteroatoms. The molecule has 0 rings (SSSR count). The van der Waals surface area contributed by atoms with E-state index in [1.54, 1.807) is 0 Å². The van der Waals surface area contributed by atoms with E-state index >= 15 is 0 Å². The third-order valence-electron chi connectivity index (χ3n) is 3.52. The van der Waals surface area contributed by atoms with E-state index in [0.717, 1.165) is 44.9 Å². The van der Waals surface area contributed by atoms with Crippen LogP contribution in [0.5, 0.6) is 0 Å². The average molecular weight is 299 g/mol. The number of carbonyl (C=O) groups excluding carboxylic acids is 2. The Balaban J connectivity index is 3.16. The molecule has 0 saturated carbocycles. The highest BCUT2D eigenvalue weighted by molar-refractivity contribution is 5.69. The van der Waals surface area contributed by atoms with Gasteiger partial charge in [-0.25, -0.2) is 9.90 Å². The number of hydrogen-bond donors (Lipinski definition) is 0. The van der Waals surface area contributed by atoms with Crippen LogP contribution in [0.2, 0.25) is 0 Å². The van der Waals surface area contributed by atoms with Crippen molar-refractivity contribution in [2.75, 3.05) is 6.61 Å². The number of carbonyl (C=O) groups is 2. The zero-order chi connectivity index (χ0) is 15.8. The van der Waals surface area contributed by atoms with Gasteiger partial charge in [-0.2, -0.15) is 0 Å². The van der Waals surface area contributed by atoms with Crippen molar-refractivity contribution < 1.29 is 19.4 Å². The normalized spacial score (nSPS) is 10.5. The number of ether oxygens (including phenoxy) is 1. The van der Waals surface area contributed by atoms with Crippen molar-refractivity contribution >= 4 is 11.9 Å². The van der Waals surface area contributed by atoms with Gasteiger partial charge in [0.25, 0.3) is 0 Å². The molecule has 1 radical (unpaired) electrons. The highest BCUT2D eigenvalue weighted by atomic mass is 16.5. The summed E-state index contributed by atoms with van der Waals surface area (Å²) >= 11 is 0. The molecule has 0 fully saturated rings. The van der Waals surface area contributed by atoms with Gasteiger partial charge in [0.2, 0.25) is 0 Å². The van der Waals surface area contributed by atoms with E-state index in [0.29, 0.717) is 19.4 Å². The van der Waals surface area contributed by atoms with Crippen LogP contribution in [0.4, 0.5) is 0 Å². The highest BCUT2D eigenvalue weighted by Crippen LogP contribution is 2.08. The molecule has 21 heavy (non-hydrogen) atoms. The minimum atomic E-state index is -0.961. The number of rotatable bonds is 15. The van der Waals surface area contributed by atoms with E-state index in [2.05, 4.69) is 6.92 Å². The smallest absolute Gasteiger partial charge is 0.355 e. The molecule has 0 spiro atoms. The van der Waals surface area contributed by atoms with Crippen molar-refractivity contribution in [3.05, 3.63) is 0 Å². The van der Waals surface area contributed by atoms with Crippen LogP contribution in [0.3, 0.4) is 0 Å². The summed E-state index contributed by atoms with van der Waals surface area (Å²) in [5, 5.41) is 10.2. The van der Waals surface area contributed by atoms with Crippen molar-refractivity contribution in [1.29, 1.82) is 0 Å². The van der Waals surface area contributed by atoms with Gasteiger partial charge >= 0.3 is 11.9 Å². The molecule has 0 atom stereocenters. The van der Waals surface area contributed by atoms with Crippen LogP contribution in [0, 0.1) is 0 Å². The van der Waals surface area contributed by atoms with Crippen molar-refractivity contribution in [3.63, 3.8) is 0 Å². The Hall–Kier alpha value is -1.06. The summed E-state index contributed by atoms with van der Waals surface area (Å²) < 4.78 is 5.18. The Bertz CT molecular complexity index is 264. The SMILES string of the molecule is CCCCCCCC(=O)OCCCCCCCCC([O])=O. The maximum absolute atomic E-state index is 11.4. The predicted molar refractivity (Wildman–Crippen MR) is 82.3 cm³/mol. The molecule has 0 N–H and O–H groups in total. The molecular formula is C17H31O4. The fraction of sp³-hybridized carbons (Fsp3) is 0.882. The molecule has 4 nitrogen and oxygen atoms in total. The third-order valence-corrected chi connectivity index (χ3v) is 3.52. The molecule has 0 aromatic heterocycles. The molecule has 0 heterocycles. The first kappa shape index (κ1) is 19.9. The van der Waals surface area contributed by atoms with Gasteiger partial charge in [0, 0.05) is 6.42 Å². The summed E-state index contributed by atoms with van der Waals surface area (Å²) in [5.74, 6) is -1.03. The van der Waals surface area contributed by atoms with Crippen LogP contribution in [0.15, 0.2) is 0 Å². The lowest BCUT2D eigenvalue weighted by molar-refractivity contribution is -0.144. The van der Waals surface area contributed by atoms with Crippen LogP contribution in [0.25, 0.3) is 0 Å². The Labute approximate surface area is 129 Å². The Morgan fingerprint density at radius 3 is 1.86 bits per heavy atom. The van der Waals surface area contributed by atoms with Crippen molar-refractivity contribution in [2.45, 2.75) is 90.4 Å². The highest BCUT2D eigenvalue weighted by Gasteiger charge is 2.02. The van der Waals surface area contributed by atoms with E-state index in [-0.39, 0.29) is 12.4 Å². The van der Waals surface area contributed by atoms with E-state index in [4.69, 9.17) is 4.74 Å². The van der Waals surface area contributed by atoms with E-state index in [1.165, 1.54) is 19.3 Å². The van der Waals surface area contributed by atoms with Crippen LogP contribution < -0.4 is 0 Å². The molecule has 0 unspecified atom stereocenters. The summed E-state index contributed by atoms with van der Waals surface area (Å²) in [4.78, 5) is 21.6.